The van der Waals surface area contributed by atoms with Crippen molar-refractivity contribution in [2.45, 2.75) is 6.92 Å². The van der Waals surface area contributed by atoms with Crippen LogP contribution in [0.5, 0.6) is 0 Å². The highest BCUT2D eigenvalue weighted by Crippen LogP contribution is 1.92. The Morgan fingerprint density at radius 3 is 3.18 bits per heavy atom. The van der Waals surface area contributed by atoms with Crippen molar-refractivity contribution in [2.75, 3.05) is 0 Å². The van der Waals surface area contributed by atoms with Gasteiger partial charge >= 0.3 is 5.97 Å². The number of allylic oxidation sites excluding steroid dienone is 1. The maximum Gasteiger partial charge on any atom is 0.379 e. The second kappa shape index (κ2) is 3.55. The van der Waals surface area contributed by atoms with Gasteiger partial charge < -0.3 is 9.72 Å². The average Bonchev–Trinajstić information content (AvgIpc) is 2.52. The first-order valence-corrected chi connectivity index (χ1v) is 3.16. The molecule has 1 rings (SSSR count). The zero-order valence-electron chi connectivity index (χ0n) is 6.07. The molecule has 0 radical (unpaired) electrons. The average molecular weight is 152 g/mol. The Hall–Kier alpha value is -1.58. The number of rotatable bonds is 2. The summed E-state index contributed by atoms with van der Waals surface area (Å²) in [7, 11) is 0. The van der Waals surface area contributed by atoms with Gasteiger partial charge in [0.2, 0.25) is 5.82 Å². The van der Waals surface area contributed by atoms with E-state index in [0.717, 1.165) is 0 Å². The minimum absolute atomic E-state index is 0.211. The summed E-state index contributed by atoms with van der Waals surface area (Å²) in [6.07, 6.45) is 5.99. The lowest BCUT2D eigenvalue weighted by Crippen LogP contribution is -2.02. The molecule has 0 unspecified atom stereocenters. The summed E-state index contributed by atoms with van der Waals surface area (Å²) in [6.45, 7) is 1.76. The summed E-state index contributed by atoms with van der Waals surface area (Å²) in [5.41, 5.74) is 0. The molecule has 0 aliphatic rings. The van der Waals surface area contributed by atoms with E-state index in [1.807, 2.05) is 0 Å². The molecule has 0 fully saturated rings. The van der Waals surface area contributed by atoms with E-state index in [2.05, 4.69) is 14.7 Å². The number of hydrogen-bond donors (Lipinski definition) is 1. The van der Waals surface area contributed by atoms with Gasteiger partial charge in [0.15, 0.2) is 0 Å². The van der Waals surface area contributed by atoms with Crippen LogP contribution in [0.3, 0.4) is 0 Å². The number of H-pyrrole nitrogens is 1. The summed E-state index contributed by atoms with van der Waals surface area (Å²) in [6, 6.07) is 0. The molecule has 0 bridgehead atoms. The molecule has 0 amide bonds. The van der Waals surface area contributed by atoms with E-state index >= 15 is 0 Å². The molecule has 1 aromatic heterocycles. The number of aromatic nitrogens is 2. The van der Waals surface area contributed by atoms with Crippen LogP contribution < -0.4 is 0 Å². The topological polar surface area (TPSA) is 55.0 Å². The second-order valence-corrected chi connectivity index (χ2v) is 1.81. The highest BCUT2D eigenvalue weighted by molar-refractivity contribution is 5.85. The highest BCUT2D eigenvalue weighted by Gasteiger charge is 2.06. The number of aromatic amines is 1. The minimum atomic E-state index is -0.479. The van der Waals surface area contributed by atoms with Crippen molar-refractivity contribution >= 4 is 5.97 Å². The number of nitrogens with one attached hydrogen (secondary N) is 1. The van der Waals surface area contributed by atoms with E-state index in [9.17, 15) is 4.79 Å². The van der Waals surface area contributed by atoms with Crippen molar-refractivity contribution in [2.24, 2.45) is 0 Å². The Balaban J connectivity index is 2.56. The summed E-state index contributed by atoms with van der Waals surface area (Å²) >= 11 is 0. The molecule has 0 saturated heterocycles. The fraction of sp³-hybridized carbons (Fsp3) is 0.143. The third kappa shape index (κ3) is 1.93. The summed E-state index contributed by atoms with van der Waals surface area (Å²) in [5.74, 6) is -0.267. The number of imidazole rings is 1. The quantitative estimate of drug-likeness (QED) is 0.510. The zero-order valence-corrected chi connectivity index (χ0v) is 6.07. The van der Waals surface area contributed by atoms with Crippen molar-refractivity contribution in [3.63, 3.8) is 0 Å². The van der Waals surface area contributed by atoms with Crippen LogP contribution in [0.2, 0.25) is 0 Å². The zero-order chi connectivity index (χ0) is 8.10. The predicted octanol–water partition coefficient (Wildman–Crippen LogP) is 1.10. The van der Waals surface area contributed by atoms with Crippen LogP contribution in [0, 0.1) is 0 Å². The van der Waals surface area contributed by atoms with Gasteiger partial charge in [0, 0.05) is 12.4 Å². The van der Waals surface area contributed by atoms with Crippen molar-refractivity contribution in [3.05, 3.63) is 30.6 Å². The molecule has 1 heterocycles. The van der Waals surface area contributed by atoms with E-state index in [4.69, 9.17) is 0 Å². The van der Waals surface area contributed by atoms with Crippen molar-refractivity contribution in [3.8, 4) is 0 Å². The first-order chi connectivity index (χ1) is 5.34. The summed E-state index contributed by atoms with van der Waals surface area (Å²) < 4.78 is 4.62. The van der Waals surface area contributed by atoms with Gasteiger partial charge in [-0.3, -0.25) is 0 Å². The predicted molar refractivity (Wildman–Crippen MR) is 38.8 cm³/mol. The molecule has 0 aliphatic heterocycles. The monoisotopic (exact) mass is 152 g/mol. The molecule has 1 N–H and O–H groups in total. The Morgan fingerprint density at radius 1 is 1.82 bits per heavy atom. The van der Waals surface area contributed by atoms with Gasteiger partial charge in [0.25, 0.3) is 0 Å². The number of ether oxygens (including phenoxy) is 1. The molecule has 1 aromatic rings. The fourth-order valence-electron chi connectivity index (χ4n) is 0.563. The minimum Gasteiger partial charge on any atom is -0.429 e. The van der Waals surface area contributed by atoms with Gasteiger partial charge in [-0.05, 0) is 6.92 Å². The van der Waals surface area contributed by atoms with Crippen LogP contribution in [0.25, 0.3) is 0 Å². The van der Waals surface area contributed by atoms with Crippen LogP contribution >= 0.6 is 0 Å². The maximum absolute atomic E-state index is 10.9. The highest BCUT2D eigenvalue weighted by atomic mass is 16.5. The third-order valence-electron chi connectivity index (χ3n) is 1.00. The molecule has 0 spiro atoms. The van der Waals surface area contributed by atoms with Gasteiger partial charge in [-0.25, -0.2) is 9.78 Å². The van der Waals surface area contributed by atoms with E-state index in [1.165, 1.54) is 12.5 Å². The number of hydrogen-bond acceptors (Lipinski definition) is 3. The van der Waals surface area contributed by atoms with E-state index in [-0.39, 0.29) is 5.82 Å². The number of esters is 1. The van der Waals surface area contributed by atoms with Crippen molar-refractivity contribution in [1.82, 2.24) is 9.97 Å². The van der Waals surface area contributed by atoms with Gasteiger partial charge in [-0.1, -0.05) is 6.08 Å². The Morgan fingerprint density at radius 2 is 2.64 bits per heavy atom. The van der Waals surface area contributed by atoms with Gasteiger partial charge in [0.05, 0.1) is 6.26 Å². The summed E-state index contributed by atoms with van der Waals surface area (Å²) in [5, 5.41) is 0. The van der Waals surface area contributed by atoms with Gasteiger partial charge in [-0.2, -0.15) is 0 Å². The van der Waals surface area contributed by atoms with Crippen LogP contribution in [0.15, 0.2) is 24.7 Å². The van der Waals surface area contributed by atoms with E-state index < -0.39 is 5.97 Å². The molecule has 0 saturated carbocycles. The number of carbonyl (C=O) groups is 1. The molecule has 0 aliphatic carbocycles. The lowest BCUT2D eigenvalue weighted by atomic mass is 10.6. The third-order valence-corrected chi connectivity index (χ3v) is 1.00. The summed E-state index contributed by atoms with van der Waals surface area (Å²) in [4.78, 5) is 17.2. The molecule has 0 aromatic carbocycles. The molecule has 11 heavy (non-hydrogen) atoms. The lowest BCUT2D eigenvalue weighted by Gasteiger charge is -1.92. The first kappa shape index (κ1) is 7.53. The van der Waals surface area contributed by atoms with E-state index in [1.54, 1.807) is 19.2 Å². The normalized spacial score (nSPS) is 10.3. The largest absolute Gasteiger partial charge is 0.429 e. The Kier molecular flexibility index (Phi) is 2.43. The first-order valence-electron chi connectivity index (χ1n) is 3.16. The molecule has 4 heteroatoms. The number of carbonyl (C=O) groups excluding carboxylic acids is 1. The lowest BCUT2D eigenvalue weighted by molar-refractivity contribution is 0.0650. The molecule has 0 atom stereocenters. The molecular formula is C7H8N2O2. The Bertz CT molecular complexity index is 251. The standard InChI is InChI=1S/C7H8N2O2/c1-2-5-11-7(10)6-8-3-4-9-6/h2-5H,1H3,(H,8,9). The fourth-order valence-corrected chi connectivity index (χ4v) is 0.563. The Labute approximate surface area is 63.9 Å². The van der Waals surface area contributed by atoms with Gasteiger partial charge in [0.1, 0.15) is 0 Å². The molecular weight excluding hydrogens is 144 g/mol. The van der Waals surface area contributed by atoms with Gasteiger partial charge in [-0.15, -0.1) is 0 Å². The van der Waals surface area contributed by atoms with Crippen LogP contribution in [0.4, 0.5) is 0 Å². The van der Waals surface area contributed by atoms with Crippen LogP contribution in [0.1, 0.15) is 17.5 Å². The van der Waals surface area contributed by atoms with Crippen molar-refractivity contribution < 1.29 is 9.53 Å². The van der Waals surface area contributed by atoms with E-state index in [0.29, 0.717) is 0 Å². The molecule has 4 nitrogen and oxygen atoms in total. The number of nitrogens with zero attached hydrogens (tertiary/aromatic N) is 1. The molecule has 58 valence electrons. The van der Waals surface area contributed by atoms with Crippen LogP contribution in [-0.4, -0.2) is 15.9 Å². The maximum atomic E-state index is 10.9. The smallest absolute Gasteiger partial charge is 0.379 e. The second-order valence-electron chi connectivity index (χ2n) is 1.81. The van der Waals surface area contributed by atoms with Crippen LogP contribution in [-0.2, 0) is 4.74 Å². The van der Waals surface area contributed by atoms with Crippen molar-refractivity contribution in [1.29, 1.82) is 0 Å². The SMILES string of the molecule is CC=COC(=O)c1ncc[nH]1.